The van der Waals surface area contributed by atoms with Crippen molar-refractivity contribution in [3.8, 4) is 17.0 Å². The van der Waals surface area contributed by atoms with Crippen LogP contribution in [0.1, 0.15) is 21.6 Å². The normalized spacial score (nSPS) is 11.3. The number of carbonyl (C=O) groups is 1. The van der Waals surface area contributed by atoms with Crippen molar-refractivity contribution in [3.63, 3.8) is 0 Å². The number of nitrogens with two attached hydrogens (primary N) is 1. The number of ether oxygens (including phenoxy) is 1. The summed E-state index contributed by atoms with van der Waals surface area (Å²) in [5.74, 6) is -0.256. The number of alkyl halides is 3. The lowest BCUT2D eigenvalue weighted by molar-refractivity contribution is -0.137. The number of halogens is 3. The van der Waals surface area contributed by atoms with Crippen LogP contribution in [-0.2, 0) is 12.8 Å². The number of amides is 1. The second-order valence-corrected chi connectivity index (χ2v) is 5.40. The van der Waals surface area contributed by atoms with Gasteiger partial charge in [-0.3, -0.25) is 4.79 Å². The Morgan fingerprint density at radius 3 is 2.50 bits per heavy atom. The second kappa shape index (κ2) is 6.87. The van der Waals surface area contributed by atoms with Crippen LogP contribution < -0.4 is 10.5 Å². The van der Waals surface area contributed by atoms with Gasteiger partial charge in [0, 0.05) is 5.56 Å². The molecule has 26 heavy (non-hydrogen) atoms. The Bertz CT molecular complexity index is 920. The smallest absolute Gasteiger partial charge is 0.416 e. The molecule has 134 valence electrons. The highest BCUT2D eigenvalue weighted by atomic mass is 19.4. The molecule has 3 rings (SSSR count). The third-order valence-corrected chi connectivity index (χ3v) is 3.57. The molecule has 1 amide bonds. The van der Waals surface area contributed by atoms with E-state index in [0.29, 0.717) is 22.6 Å². The Balaban J connectivity index is 1.71. The average molecular weight is 362 g/mol. The monoisotopic (exact) mass is 362 g/mol. The van der Waals surface area contributed by atoms with E-state index in [2.05, 4.69) is 15.4 Å². The Morgan fingerprint density at radius 2 is 1.85 bits per heavy atom. The molecule has 3 N–H and O–H groups in total. The van der Waals surface area contributed by atoms with Gasteiger partial charge in [-0.05, 0) is 42.0 Å². The van der Waals surface area contributed by atoms with Crippen LogP contribution in [0.4, 0.5) is 13.2 Å². The summed E-state index contributed by atoms with van der Waals surface area (Å²) in [6.07, 6.45) is -4.40. The molecule has 0 aliphatic heterocycles. The van der Waals surface area contributed by atoms with E-state index in [1.54, 1.807) is 30.3 Å². The summed E-state index contributed by atoms with van der Waals surface area (Å²) in [5, 5.41) is 9.90. The van der Waals surface area contributed by atoms with Crippen molar-refractivity contribution in [1.29, 1.82) is 0 Å². The van der Waals surface area contributed by atoms with Crippen molar-refractivity contribution in [2.75, 3.05) is 0 Å². The quantitative estimate of drug-likeness (QED) is 0.729. The van der Waals surface area contributed by atoms with Crippen LogP contribution in [0.3, 0.4) is 0 Å². The number of primary amides is 1. The molecule has 0 aliphatic rings. The predicted molar refractivity (Wildman–Crippen MR) is 86.1 cm³/mol. The minimum Gasteiger partial charge on any atom is -0.489 e. The van der Waals surface area contributed by atoms with Gasteiger partial charge in [-0.15, -0.1) is 0 Å². The highest BCUT2D eigenvalue weighted by Gasteiger charge is 2.30. The van der Waals surface area contributed by atoms with Gasteiger partial charge in [-0.2, -0.15) is 28.6 Å². The Labute approximate surface area is 145 Å². The first-order chi connectivity index (χ1) is 12.3. The molecule has 0 radical (unpaired) electrons. The summed E-state index contributed by atoms with van der Waals surface area (Å²) in [5.41, 5.74) is 5.81. The Hall–Kier alpha value is -3.36. The molecule has 1 aromatic heterocycles. The molecular weight excluding hydrogens is 349 g/mol. The number of benzene rings is 2. The molecule has 3 aromatic rings. The van der Waals surface area contributed by atoms with Gasteiger partial charge in [0.15, 0.2) is 5.69 Å². The number of aromatic nitrogens is 3. The third kappa shape index (κ3) is 3.82. The van der Waals surface area contributed by atoms with Crippen molar-refractivity contribution in [3.05, 3.63) is 65.4 Å². The van der Waals surface area contributed by atoms with Crippen molar-refractivity contribution in [2.24, 2.45) is 5.73 Å². The minimum absolute atomic E-state index is 0.0141. The van der Waals surface area contributed by atoms with E-state index in [9.17, 15) is 18.0 Å². The number of hydrogen-bond donors (Lipinski definition) is 2. The number of nitrogens with one attached hydrogen (secondary N) is 1. The van der Waals surface area contributed by atoms with Gasteiger partial charge in [0.05, 0.1) is 5.56 Å². The van der Waals surface area contributed by atoms with Gasteiger partial charge in [-0.25, -0.2) is 0 Å². The van der Waals surface area contributed by atoms with Crippen LogP contribution in [0.2, 0.25) is 0 Å². The van der Waals surface area contributed by atoms with E-state index in [1.807, 2.05) is 0 Å². The van der Waals surface area contributed by atoms with Crippen LogP contribution in [0.15, 0.2) is 48.5 Å². The van der Waals surface area contributed by atoms with E-state index in [-0.39, 0.29) is 12.3 Å². The van der Waals surface area contributed by atoms with Crippen LogP contribution in [0.5, 0.6) is 5.75 Å². The van der Waals surface area contributed by atoms with E-state index in [4.69, 9.17) is 10.5 Å². The fraction of sp³-hybridized carbons (Fsp3) is 0.118. The largest absolute Gasteiger partial charge is 0.489 e. The summed E-state index contributed by atoms with van der Waals surface area (Å²) >= 11 is 0. The summed E-state index contributed by atoms with van der Waals surface area (Å²) in [6, 6.07) is 11.5. The minimum atomic E-state index is -4.40. The maximum atomic E-state index is 12.7. The number of aromatic amines is 1. The summed E-state index contributed by atoms with van der Waals surface area (Å²) < 4.78 is 43.6. The molecule has 0 saturated heterocycles. The topological polar surface area (TPSA) is 93.9 Å². The maximum Gasteiger partial charge on any atom is 0.416 e. The first kappa shape index (κ1) is 17.5. The van der Waals surface area contributed by atoms with Gasteiger partial charge in [0.25, 0.3) is 5.91 Å². The molecule has 0 bridgehead atoms. The lowest BCUT2D eigenvalue weighted by atomic mass is 10.1. The van der Waals surface area contributed by atoms with Crippen molar-refractivity contribution < 1.29 is 22.7 Å². The van der Waals surface area contributed by atoms with Crippen molar-refractivity contribution >= 4 is 5.91 Å². The standard InChI is InChI=1S/C17H13F3N4O2/c18-17(19,20)12-3-1-2-10(8-12)9-26-13-6-4-11(5-7-13)14-15(16(21)25)23-24-22-14/h1-8H,9H2,(H2,21,25)(H,22,23,24). The van der Waals surface area contributed by atoms with Crippen LogP contribution in [0.25, 0.3) is 11.3 Å². The molecule has 1 heterocycles. The molecule has 0 aliphatic carbocycles. The van der Waals surface area contributed by atoms with Gasteiger partial charge in [0.2, 0.25) is 0 Å². The van der Waals surface area contributed by atoms with E-state index in [0.717, 1.165) is 12.1 Å². The number of nitrogens with zero attached hydrogens (tertiary/aromatic N) is 2. The summed E-state index contributed by atoms with van der Waals surface area (Å²) in [7, 11) is 0. The molecule has 9 heteroatoms. The van der Waals surface area contributed by atoms with Gasteiger partial charge in [0.1, 0.15) is 18.1 Å². The molecular formula is C17H13F3N4O2. The zero-order valence-corrected chi connectivity index (χ0v) is 13.2. The molecule has 2 aromatic carbocycles. The first-order valence-electron chi connectivity index (χ1n) is 7.44. The molecule has 6 nitrogen and oxygen atoms in total. The lowest BCUT2D eigenvalue weighted by Gasteiger charge is -2.10. The van der Waals surface area contributed by atoms with Gasteiger partial charge in [-0.1, -0.05) is 12.1 Å². The Morgan fingerprint density at radius 1 is 1.12 bits per heavy atom. The van der Waals surface area contributed by atoms with E-state index in [1.165, 1.54) is 6.07 Å². The molecule has 0 saturated carbocycles. The highest BCUT2D eigenvalue weighted by Crippen LogP contribution is 2.30. The number of H-pyrrole nitrogens is 1. The molecule has 0 unspecified atom stereocenters. The number of hydrogen-bond acceptors (Lipinski definition) is 4. The van der Waals surface area contributed by atoms with Crippen LogP contribution in [-0.4, -0.2) is 21.3 Å². The number of carbonyl (C=O) groups excluding carboxylic acids is 1. The first-order valence-corrected chi connectivity index (χ1v) is 7.44. The van der Waals surface area contributed by atoms with Crippen molar-refractivity contribution in [1.82, 2.24) is 15.4 Å². The second-order valence-electron chi connectivity index (χ2n) is 5.40. The summed E-state index contributed by atoms with van der Waals surface area (Å²) in [6.45, 7) is -0.0141. The van der Waals surface area contributed by atoms with E-state index < -0.39 is 17.6 Å². The van der Waals surface area contributed by atoms with E-state index >= 15 is 0 Å². The fourth-order valence-electron chi connectivity index (χ4n) is 2.32. The zero-order valence-electron chi connectivity index (χ0n) is 13.2. The highest BCUT2D eigenvalue weighted by molar-refractivity contribution is 5.96. The maximum absolute atomic E-state index is 12.7. The zero-order chi connectivity index (χ0) is 18.7. The van der Waals surface area contributed by atoms with Crippen LogP contribution >= 0.6 is 0 Å². The average Bonchev–Trinajstić information content (AvgIpc) is 3.10. The third-order valence-electron chi connectivity index (χ3n) is 3.57. The molecule has 0 atom stereocenters. The van der Waals surface area contributed by atoms with Crippen molar-refractivity contribution in [2.45, 2.75) is 12.8 Å². The molecule has 0 fully saturated rings. The fourth-order valence-corrected chi connectivity index (χ4v) is 2.32. The molecule has 0 spiro atoms. The van der Waals surface area contributed by atoms with Gasteiger partial charge >= 0.3 is 6.18 Å². The van der Waals surface area contributed by atoms with Crippen LogP contribution in [0, 0.1) is 0 Å². The summed E-state index contributed by atoms with van der Waals surface area (Å²) in [4.78, 5) is 11.3. The number of rotatable bonds is 5. The Kier molecular flexibility index (Phi) is 4.61. The predicted octanol–water partition coefficient (Wildman–Crippen LogP) is 3.17. The van der Waals surface area contributed by atoms with Gasteiger partial charge < -0.3 is 10.5 Å². The lowest BCUT2D eigenvalue weighted by Crippen LogP contribution is -2.12. The SMILES string of the molecule is NC(=O)c1n[nH]nc1-c1ccc(OCc2cccc(C(F)(F)F)c2)cc1.